The van der Waals surface area contributed by atoms with Crippen molar-refractivity contribution in [3.63, 3.8) is 0 Å². The Kier molecular flexibility index (Phi) is 5.24. The highest BCUT2D eigenvalue weighted by atomic mass is 19.4. The molecular weight excluding hydrogens is 393 g/mol. The Hall–Kier alpha value is -3.29. The summed E-state index contributed by atoms with van der Waals surface area (Å²) in [6.45, 7) is 3.65. The summed E-state index contributed by atoms with van der Waals surface area (Å²) in [7, 11) is 0. The lowest BCUT2D eigenvalue weighted by atomic mass is 10.1. The van der Waals surface area contributed by atoms with Crippen molar-refractivity contribution in [1.82, 2.24) is 14.5 Å². The molecule has 1 aliphatic rings. The van der Waals surface area contributed by atoms with Crippen LogP contribution in [-0.2, 0) is 6.18 Å². The fourth-order valence-electron chi connectivity index (χ4n) is 3.63. The average Bonchev–Trinajstić information content (AvgIpc) is 3.23. The summed E-state index contributed by atoms with van der Waals surface area (Å²) in [5.74, 6) is 0.158. The van der Waals surface area contributed by atoms with Crippen molar-refractivity contribution in [2.75, 3.05) is 31.1 Å². The maximum absolute atomic E-state index is 13.3. The highest BCUT2D eigenvalue weighted by molar-refractivity contribution is 5.96. The van der Waals surface area contributed by atoms with Crippen molar-refractivity contribution in [1.29, 1.82) is 0 Å². The molecule has 1 fully saturated rings. The SMILES string of the molecule is Cc1ccc(-n2ccnc2N2CCN(C(=O)c3ccccc3C(F)(F)F)CC2)cc1. The van der Waals surface area contributed by atoms with E-state index in [-0.39, 0.29) is 5.56 Å². The van der Waals surface area contributed by atoms with Gasteiger partial charge in [-0.3, -0.25) is 9.36 Å². The minimum absolute atomic E-state index is 0.306. The number of rotatable bonds is 3. The zero-order valence-corrected chi connectivity index (χ0v) is 16.4. The first-order valence-corrected chi connectivity index (χ1v) is 9.65. The maximum atomic E-state index is 13.3. The lowest BCUT2D eigenvalue weighted by Crippen LogP contribution is -2.49. The van der Waals surface area contributed by atoms with E-state index >= 15 is 0 Å². The first-order valence-electron chi connectivity index (χ1n) is 9.65. The smallest absolute Gasteiger partial charge is 0.338 e. The zero-order valence-electron chi connectivity index (χ0n) is 16.4. The van der Waals surface area contributed by atoms with Gasteiger partial charge in [-0.1, -0.05) is 29.8 Å². The van der Waals surface area contributed by atoms with Gasteiger partial charge in [0.1, 0.15) is 0 Å². The fraction of sp³-hybridized carbons (Fsp3) is 0.273. The van der Waals surface area contributed by atoms with Gasteiger partial charge in [0.2, 0.25) is 5.95 Å². The normalized spacial score (nSPS) is 14.8. The largest absolute Gasteiger partial charge is 0.417 e. The Morgan fingerprint density at radius 3 is 2.30 bits per heavy atom. The Balaban J connectivity index is 1.49. The summed E-state index contributed by atoms with van der Waals surface area (Å²) in [6, 6.07) is 13.0. The van der Waals surface area contributed by atoms with Crippen LogP contribution in [0.3, 0.4) is 0 Å². The third-order valence-electron chi connectivity index (χ3n) is 5.25. The monoisotopic (exact) mass is 414 g/mol. The van der Waals surface area contributed by atoms with Crippen LogP contribution in [0.1, 0.15) is 21.5 Å². The van der Waals surface area contributed by atoms with Crippen LogP contribution in [0, 0.1) is 6.92 Å². The Morgan fingerprint density at radius 2 is 1.63 bits per heavy atom. The standard InChI is InChI=1S/C22H21F3N4O/c1-16-6-8-17(9-7-16)29-11-10-26-21(29)28-14-12-27(13-15-28)20(30)18-4-2-3-5-19(18)22(23,24)25/h2-11H,12-15H2,1H3. The average molecular weight is 414 g/mol. The number of benzene rings is 2. The fourth-order valence-corrected chi connectivity index (χ4v) is 3.63. The zero-order chi connectivity index (χ0) is 21.3. The van der Waals surface area contributed by atoms with Gasteiger partial charge in [0.05, 0.1) is 11.1 Å². The van der Waals surface area contributed by atoms with Gasteiger partial charge in [0.25, 0.3) is 5.91 Å². The number of carbonyl (C=O) groups excluding carboxylic acids is 1. The van der Waals surface area contributed by atoms with Crippen molar-refractivity contribution in [3.8, 4) is 5.69 Å². The predicted octanol–water partition coefficient (Wildman–Crippen LogP) is 4.16. The van der Waals surface area contributed by atoms with Gasteiger partial charge < -0.3 is 9.80 Å². The van der Waals surface area contributed by atoms with Gasteiger partial charge in [-0.15, -0.1) is 0 Å². The van der Waals surface area contributed by atoms with Gasteiger partial charge >= 0.3 is 6.18 Å². The van der Waals surface area contributed by atoms with Crippen molar-refractivity contribution >= 4 is 11.9 Å². The number of nitrogens with zero attached hydrogens (tertiary/aromatic N) is 4. The molecule has 0 unspecified atom stereocenters. The van der Waals surface area contributed by atoms with Crippen LogP contribution in [0.5, 0.6) is 0 Å². The number of hydrogen-bond donors (Lipinski definition) is 0. The molecule has 0 bridgehead atoms. The molecule has 2 heterocycles. The summed E-state index contributed by atoms with van der Waals surface area (Å²) in [5, 5.41) is 0. The highest BCUT2D eigenvalue weighted by Crippen LogP contribution is 2.32. The Labute approximate surface area is 172 Å². The molecule has 0 radical (unpaired) electrons. The summed E-state index contributed by atoms with van der Waals surface area (Å²) in [6.07, 6.45) is -0.976. The predicted molar refractivity (Wildman–Crippen MR) is 108 cm³/mol. The number of amides is 1. The molecule has 0 atom stereocenters. The van der Waals surface area contributed by atoms with Gasteiger partial charge in [0.15, 0.2) is 0 Å². The van der Waals surface area contributed by atoms with Crippen LogP contribution < -0.4 is 4.90 Å². The van der Waals surface area contributed by atoms with Gasteiger partial charge in [-0.25, -0.2) is 4.98 Å². The van der Waals surface area contributed by atoms with E-state index in [1.807, 2.05) is 46.9 Å². The van der Waals surface area contributed by atoms with E-state index < -0.39 is 17.6 Å². The summed E-state index contributed by atoms with van der Waals surface area (Å²) >= 11 is 0. The Bertz CT molecular complexity index is 1040. The molecule has 156 valence electrons. The molecule has 8 heteroatoms. The molecule has 0 N–H and O–H groups in total. The first kappa shape index (κ1) is 20.0. The van der Waals surface area contributed by atoms with Crippen molar-refractivity contribution in [2.45, 2.75) is 13.1 Å². The molecule has 0 spiro atoms. The molecule has 1 aromatic heterocycles. The quantitative estimate of drug-likeness (QED) is 0.646. The maximum Gasteiger partial charge on any atom is 0.417 e. The highest BCUT2D eigenvalue weighted by Gasteiger charge is 2.36. The van der Waals surface area contributed by atoms with E-state index in [2.05, 4.69) is 4.98 Å². The number of alkyl halides is 3. The molecule has 1 amide bonds. The molecule has 0 saturated carbocycles. The molecule has 5 nitrogen and oxygen atoms in total. The van der Waals surface area contributed by atoms with E-state index in [0.717, 1.165) is 23.3 Å². The lowest BCUT2D eigenvalue weighted by molar-refractivity contribution is -0.138. The van der Waals surface area contributed by atoms with Crippen LogP contribution in [0.15, 0.2) is 60.9 Å². The minimum atomic E-state index is -4.56. The minimum Gasteiger partial charge on any atom is -0.338 e. The molecule has 30 heavy (non-hydrogen) atoms. The third kappa shape index (κ3) is 3.90. The second kappa shape index (κ2) is 7.85. The van der Waals surface area contributed by atoms with Crippen molar-refractivity contribution in [2.24, 2.45) is 0 Å². The molecule has 4 rings (SSSR count). The molecular formula is C22H21F3N4O. The summed E-state index contributed by atoms with van der Waals surface area (Å²) in [5.41, 5.74) is 0.935. The van der Waals surface area contributed by atoms with E-state index in [4.69, 9.17) is 0 Å². The van der Waals surface area contributed by atoms with Crippen LogP contribution in [0.2, 0.25) is 0 Å². The van der Waals surface area contributed by atoms with E-state index in [1.165, 1.54) is 23.1 Å². The lowest BCUT2D eigenvalue weighted by Gasteiger charge is -2.35. The number of carbonyl (C=O) groups is 1. The molecule has 2 aromatic carbocycles. The van der Waals surface area contributed by atoms with Gasteiger partial charge in [-0.2, -0.15) is 13.2 Å². The van der Waals surface area contributed by atoms with Crippen molar-refractivity contribution < 1.29 is 18.0 Å². The molecule has 0 aliphatic carbocycles. The van der Waals surface area contributed by atoms with Crippen molar-refractivity contribution in [3.05, 3.63) is 77.6 Å². The van der Waals surface area contributed by atoms with E-state index in [0.29, 0.717) is 26.2 Å². The van der Waals surface area contributed by atoms with Crippen LogP contribution in [-0.4, -0.2) is 46.5 Å². The second-order valence-electron chi connectivity index (χ2n) is 7.26. The Morgan fingerprint density at radius 1 is 0.967 bits per heavy atom. The van der Waals surface area contributed by atoms with Crippen LogP contribution >= 0.6 is 0 Å². The third-order valence-corrected chi connectivity index (χ3v) is 5.25. The number of imidazole rings is 1. The molecule has 3 aromatic rings. The topological polar surface area (TPSA) is 41.4 Å². The summed E-state index contributed by atoms with van der Waals surface area (Å²) in [4.78, 5) is 20.7. The number of anilines is 1. The second-order valence-corrected chi connectivity index (χ2v) is 7.26. The van der Waals surface area contributed by atoms with Gasteiger partial charge in [0, 0.05) is 44.3 Å². The number of halogens is 3. The number of hydrogen-bond acceptors (Lipinski definition) is 3. The van der Waals surface area contributed by atoms with Crippen LogP contribution in [0.25, 0.3) is 5.69 Å². The number of aryl methyl sites for hydroxylation is 1. The molecule has 1 saturated heterocycles. The first-order chi connectivity index (χ1) is 14.3. The van der Waals surface area contributed by atoms with E-state index in [1.54, 1.807) is 6.20 Å². The number of piperazine rings is 1. The summed E-state index contributed by atoms with van der Waals surface area (Å²) < 4.78 is 41.8. The van der Waals surface area contributed by atoms with Crippen LogP contribution in [0.4, 0.5) is 19.1 Å². The van der Waals surface area contributed by atoms with E-state index in [9.17, 15) is 18.0 Å². The number of aromatic nitrogens is 2. The molecule has 1 aliphatic heterocycles. The van der Waals surface area contributed by atoms with Gasteiger partial charge in [-0.05, 0) is 31.2 Å².